The lowest BCUT2D eigenvalue weighted by molar-refractivity contribution is -0.136. The van der Waals surface area contributed by atoms with E-state index in [2.05, 4.69) is 31.2 Å². The van der Waals surface area contributed by atoms with E-state index in [4.69, 9.17) is 5.11 Å². The number of unbranched alkanes of at least 4 members (excludes halogenated alkanes) is 9. The standard InChI is InChI=1S/C20H34O2/c1-2-3-4-5-6-7-8-9-10-11-12-13-14-15-16-17-18-19-20(21)22/h6-9,17-18H,2-5,10-16,19H2,1H3,(H,21,22)/b7-6+,9-8+,18-17+. The molecule has 0 aliphatic carbocycles. The van der Waals surface area contributed by atoms with Gasteiger partial charge >= 0.3 is 5.97 Å². The molecule has 22 heavy (non-hydrogen) atoms. The van der Waals surface area contributed by atoms with Gasteiger partial charge in [0.15, 0.2) is 0 Å². The molecule has 126 valence electrons. The van der Waals surface area contributed by atoms with Crippen LogP contribution in [0.2, 0.25) is 0 Å². The Morgan fingerprint density at radius 3 is 1.77 bits per heavy atom. The number of carboxylic acid groups (broad SMARTS) is 1. The van der Waals surface area contributed by atoms with Gasteiger partial charge in [0.25, 0.3) is 0 Å². The second kappa shape index (κ2) is 17.7. The van der Waals surface area contributed by atoms with Gasteiger partial charge in [0.05, 0.1) is 6.42 Å². The number of aliphatic carboxylic acids is 1. The topological polar surface area (TPSA) is 37.3 Å². The molecule has 0 amide bonds. The van der Waals surface area contributed by atoms with Gasteiger partial charge in [0.2, 0.25) is 0 Å². The van der Waals surface area contributed by atoms with Crippen molar-refractivity contribution in [2.75, 3.05) is 0 Å². The highest BCUT2D eigenvalue weighted by Crippen LogP contribution is 2.08. The van der Waals surface area contributed by atoms with Crippen molar-refractivity contribution in [2.24, 2.45) is 0 Å². The van der Waals surface area contributed by atoms with Crippen LogP contribution in [0.3, 0.4) is 0 Å². The number of hydrogen-bond donors (Lipinski definition) is 1. The molecule has 0 aromatic heterocycles. The fourth-order valence-electron chi connectivity index (χ4n) is 2.22. The SMILES string of the molecule is CCCCC/C=C/C=C/CCCCCCC/C=C/CC(=O)O. The van der Waals surface area contributed by atoms with Crippen LogP contribution in [0.25, 0.3) is 0 Å². The summed E-state index contributed by atoms with van der Waals surface area (Å²) in [7, 11) is 0. The van der Waals surface area contributed by atoms with Crippen molar-refractivity contribution < 1.29 is 9.90 Å². The molecule has 0 heterocycles. The molecule has 0 fully saturated rings. The van der Waals surface area contributed by atoms with E-state index in [1.54, 1.807) is 6.08 Å². The average Bonchev–Trinajstić information content (AvgIpc) is 2.50. The summed E-state index contributed by atoms with van der Waals surface area (Å²) >= 11 is 0. The monoisotopic (exact) mass is 306 g/mol. The lowest BCUT2D eigenvalue weighted by atomic mass is 10.1. The molecule has 0 aromatic carbocycles. The van der Waals surface area contributed by atoms with E-state index in [-0.39, 0.29) is 6.42 Å². The lowest BCUT2D eigenvalue weighted by Crippen LogP contribution is -1.89. The van der Waals surface area contributed by atoms with Crippen molar-refractivity contribution in [1.82, 2.24) is 0 Å². The van der Waals surface area contributed by atoms with E-state index in [1.165, 1.54) is 64.2 Å². The maximum Gasteiger partial charge on any atom is 0.307 e. The Morgan fingerprint density at radius 1 is 0.727 bits per heavy atom. The summed E-state index contributed by atoms with van der Waals surface area (Å²) in [5.41, 5.74) is 0. The normalized spacial score (nSPS) is 12.0. The smallest absolute Gasteiger partial charge is 0.307 e. The van der Waals surface area contributed by atoms with Crippen LogP contribution in [0, 0.1) is 0 Å². The van der Waals surface area contributed by atoms with Crippen LogP contribution in [0.15, 0.2) is 36.5 Å². The summed E-state index contributed by atoms with van der Waals surface area (Å²) < 4.78 is 0. The molecular weight excluding hydrogens is 272 g/mol. The predicted molar refractivity (Wildman–Crippen MR) is 96.1 cm³/mol. The summed E-state index contributed by atoms with van der Waals surface area (Å²) in [6.07, 6.45) is 26.4. The number of allylic oxidation sites excluding steroid dienone is 5. The molecule has 0 spiro atoms. The molecule has 2 nitrogen and oxygen atoms in total. The van der Waals surface area contributed by atoms with E-state index in [9.17, 15) is 4.79 Å². The largest absolute Gasteiger partial charge is 0.481 e. The molecule has 2 heteroatoms. The van der Waals surface area contributed by atoms with Gasteiger partial charge in [-0.2, -0.15) is 0 Å². The van der Waals surface area contributed by atoms with E-state index >= 15 is 0 Å². The summed E-state index contributed by atoms with van der Waals surface area (Å²) in [6, 6.07) is 0. The van der Waals surface area contributed by atoms with Crippen LogP contribution >= 0.6 is 0 Å². The van der Waals surface area contributed by atoms with Crippen LogP contribution < -0.4 is 0 Å². The van der Waals surface area contributed by atoms with Crippen molar-refractivity contribution in [3.8, 4) is 0 Å². The zero-order chi connectivity index (χ0) is 16.3. The second-order valence-corrected chi connectivity index (χ2v) is 5.77. The summed E-state index contributed by atoms with van der Waals surface area (Å²) in [4.78, 5) is 10.3. The lowest BCUT2D eigenvalue weighted by Gasteiger charge is -1.98. The van der Waals surface area contributed by atoms with Crippen molar-refractivity contribution in [2.45, 2.75) is 84.0 Å². The van der Waals surface area contributed by atoms with Crippen LogP contribution in [0.4, 0.5) is 0 Å². The van der Waals surface area contributed by atoms with Gasteiger partial charge in [0, 0.05) is 0 Å². The maximum absolute atomic E-state index is 10.3. The summed E-state index contributed by atoms with van der Waals surface area (Å²) in [6.45, 7) is 2.24. The zero-order valence-electron chi connectivity index (χ0n) is 14.3. The highest BCUT2D eigenvalue weighted by molar-refractivity contribution is 5.68. The third-order valence-electron chi connectivity index (χ3n) is 3.56. The van der Waals surface area contributed by atoms with Crippen LogP contribution in [-0.4, -0.2) is 11.1 Å². The molecule has 0 unspecified atom stereocenters. The molecule has 0 rings (SSSR count). The molecular formula is C20H34O2. The third kappa shape index (κ3) is 18.7. The Kier molecular flexibility index (Phi) is 16.7. The van der Waals surface area contributed by atoms with Gasteiger partial charge in [-0.05, 0) is 38.5 Å². The number of carbonyl (C=O) groups is 1. The Morgan fingerprint density at radius 2 is 1.23 bits per heavy atom. The molecule has 0 saturated carbocycles. The highest BCUT2D eigenvalue weighted by Gasteiger charge is 1.90. The first-order valence-electron chi connectivity index (χ1n) is 8.95. The van der Waals surface area contributed by atoms with E-state index in [1.807, 2.05) is 6.08 Å². The first-order chi connectivity index (χ1) is 10.8. The van der Waals surface area contributed by atoms with E-state index in [0.29, 0.717) is 0 Å². The molecule has 1 N–H and O–H groups in total. The molecule has 0 aliphatic heterocycles. The minimum absolute atomic E-state index is 0.152. The van der Waals surface area contributed by atoms with Gasteiger partial charge in [-0.3, -0.25) is 4.79 Å². The average molecular weight is 306 g/mol. The van der Waals surface area contributed by atoms with Crippen molar-refractivity contribution >= 4 is 5.97 Å². The molecule has 0 radical (unpaired) electrons. The van der Waals surface area contributed by atoms with E-state index in [0.717, 1.165) is 6.42 Å². The Labute approximate surface area is 137 Å². The van der Waals surface area contributed by atoms with Crippen molar-refractivity contribution in [3.05, 3.63) is 36.5 Å². The first kappa shape index (κ1) is 20.7. The summed E-state index contributed by atoms with van der Waals surface area (Å²) in [5.74, 6) is -0.750. The summed E-state index contributed by atoms with van der Waals surface area (Å²) in [5, 5.41) is 8.48. The van der Waals surface area contributed by atoms with Gasteiger partial charge in [-0.15, -0.1) is 0 Å². The Balaban J connectivity index is 3.22. The van der Waals surface area contributed by atoms with Gasteiger partial charge < -0.3 is 5.11 Å². The minimum atomic E-state index is -0.750. The molecule has 0 atom stereocenters. The quantitative estimate of drug-likeness (QED) is 0.215. The Hall–Kier alpha value is -1.31. The predicted octanol–water partition coefficient (Wildman–Crippen LogP) is 6.44. The minimum Gasteiger partial charge on any atom is -0.481 e. The van der Waals surface area contributed by atoms with Crippen LogP contribution in [0.1, 0.15) is 84.0 Å². The van der Waals surface area contributed by atoms with Crippen molar-refractivity contribution in [3.63, 3.8) is 0 Å². The highest BCUT2D eigenvalue weighted by atomic mass is 16.4. The zero-order valence-corrected chi connectivity index (χ0v) is 14.3. The molecule has 0 aliphatic rings. The number of hydrogen-bond acceptors (Lipinski definition) is 1. The second-order valence-electron chi connectivity index (χ2n) is 5.77. The molecule has 0 bridgehead atoms. The number of rotatable bonds is 15. The fourth-order valence-corrected chi connectivity index (χ4v) is 2.22. The van der Waals surface area contributed by atoms with Crippen molar-refractivity contribution in [1.29, 1.82) is 0 Å². The van der Waals surface area contributed by atoms with Crippen LogP contribution in [0.5, 0.6) is 0 Å². The van der Waals surface area contributed by atoms with E-state index < -0.39 is 5.97 Å². The Bertz CT molecular complexity index is 327. The molecule has 0 aromatic rings. The maximum atomic E-state index is 10.3. The molecule has 0 saturated heterocycles. The van der Waals surface area contributed by atoms with Crippen LogP contribution in [-0.2, 0) is 4.79 Å². The first-order valence-corrected chi connectivity index (χ1v) is 8.95. The number of carboxylic acids is 1. The van der Waals surface area contributed by atoms with Gasteiger partial charge in [-0.25, -0.2) is 0 Å². The van der Waals surface area contributed by atoms with Gasteiger partial charge in [-0.1, -0.05) is 75.5 Å². The van der Waals surface area contributed by atoms with Gasteiger partial charge in [0.1, 0.15) is 0 Å². The fraction of sp³-hybridized carbons (Fsp3) is 0.650. The third-order valence-corrected chi connectivity index (χ3v) is 3.56.